The maximum atomic E-state index is 12.6. The first kappa shape index (κ1) is 15.6. The van der Waals surface area contributed by atoms with E-state index in [4.69, 9.17) is 5.26 Å². The fourth-order valence-corrected chi connectivity index (χ4v) is 1.76. The van der Waals surface area contributed by atoms with E-state index in [-0.39, 0.29) is 5.69 Å². The van der Waals surface area contributed by atoms with Crippen LogP contribution in [0.2, 0.25) is 0 Å². The number of benzene rings is 2. The lowest BCUT2D eigenvalue weighted by atomic mass is 10.1. The molecule has 2 rings (SSSR count). The van der Waals surface area contributed by atoms with Crippen molar-refractivity contribution in [1.29, 1.82) is 5.26 Å². The van der Waals surface area contributed by atoms with Gasteiger partial charge < -0.3 is 0 Å². The first-order valence-corrected chi connectivity index (χ1v) is 6.38. The summed E-state index contributed by atoms with van der Waals surface area (Å²) in [7, 11) is 0. The second-order valence-electron chi connectivity index (χ2n) is 4.58. The Morgan fingerprint density at radius 2 is 1.82 bits per heavy atom. The second kappa shape index (κ2) is 6.31. The van der Waals surface area contributed by atoms with Crippen LogP contribution >= 0.6 is 0 Å². The normalized spacial score (nSPS) is 11.9. The molecule has 0 aliphatic rings. The molecular weight excluding hydrogens is 291 g/mol. The second-order valence-corrected chi connectivity index (χ2v) is 4.58. The predicted molar refractivity (Wildman–Crippen MR) is 78.4 cm³/mol. The maximum absolute atomic E-state index is 12.6. The van der Waals surface area contributed by atoms with Crippen molar-refractivity contribution in [2.24, 2.45) is 5.10 Å². The number of nitriles is 1. The molecule has 6 heteroatoms. The minimum atomic E-state index is -4.39. The zero-order valence-electron chi connectivity index (χ0n) is 11.6. The molecule has 0 aromatic heterocycles. The summed E-state index contributed by atoms with van der Waals surface area (Å²) >= 11 is 0. The standard InChI is InChI=1S/C16H12F3N3/c1-11(13-7-5-12(10-20)6-8-13)21-22-15-4-2-3-14(9-15)16(17,18)19/h2-9,22H,1H3/b21-11-. The van der Waals surface area contributed by atoms with E-state index in [2.05, 4.69) is 10.5 Å². The molecule has 0 spiro atoms. The van der Waals surface area contributed by atoms with Gasteiger partial charge in [-0.2, -0.15) is 23.5 Å². The zero-order valence-corrected chi connectivity index (χ0v) is 11.6. The fourth-order valence-electron chi connectivity index (χ4n) is 1.76. The van der Waals surface area contributed by atoms with Crippen molar-refractivity contribution in [2.75, 3.05) is 5.43 Å². The molecule has 22 heavy (non-hydrogen) atoms. The third kappa shape index (κ3) is 3.85. The molecule has 112 valence electrons. The van der Waals surface area contributed by atoms with Gasteiger partial charge in [0.25, 0.3) is 0 Å². The Balaban J connectivity index is 2.15. The molecule has 2 aromatic rings. The lowest BCUT2D eigenvalue weighted by molar-refractivity contribution is -0.137. The number of rotatable bonds is 3. The number of hydrazone groups is 1. The van der Waals surface area contributed by atoms with Crippen molar-refractivity contribution >= 4 is 11.4 Å². The molecular formula is C16H12F3N3. The van der Waals surface area contributed by atoms with E-state index in [1.54, 1.807) is 31.2 Å². The van der Waals surface area contributed by atoms with Gasteiger partial charge in [-0.05, 0) is 42.8 Å². The molecule has 0 saturated heterocycles. The van der Waals surface area contributed by atoms with Crippen LogP contribution in [-0.4, -0.2) is 5.71 Å². The molecule has 2 aromatic carbocycles. The van der Waals surface area contributed by atoms with E-state index < -0.39 is 11.7 Å². The van der Waals surface area contributed by atoms with Gasteiger partial charge in [0.1, 0.15) is 0 Å². The van der Waals surface area contributed by atoms with Gasteiger partial charge in [0.2, 0.25) is 0 Å². The summed E-state index contributed by atoms with van der Waals surface area (Å²) in [5, 5.41) is 12.8. The molecule has 0 aliphatic carbocycles. The number of hydrogen-bond donors (Lipinski definition) is 1. The van der Waals surface area contributed by atoms with Gasteiger partial charge in [-0.3, -0.25) is 5.43 Å². The Hall–Kier alpha value is -2.81. The van der Waals surface area contributed by atoms with Crippen LogP contribution in [-0.2, 0) is 6.18 Å². The van der Waals surface area contributed by atoms with Gasteiger partial charge >= 0.3 is 6.18 Å². The minimum Gasteiger partial charge on any atom is -0.278 e. The van der Waals surface area contributed by atoms with Gasteiger partial charge in [0, 0.05) is 0 Å². The van der Waals surface area contributed by atoms with Crippen LogP contribution in [0.15, 0.2) is 53.6 Å². The molecule has 0 heterocycles. The van der Waals surface area contributed by atoms with Gasteiger partial charge in [-0.25, -0.2) is 0 Å². The van der Waals surface area contributed by atoms with Crippen LogP contribution in [0.25, 0.3) is 0 Å². The van der Waals surface area contributed by atoms with E-state index >= 15 is 0 Å². The SMILES string of the molecule is C/C(=N/Nc1cccc(C(F)(F)F)c1)c1ccc(C#N)cc1. The van der Waals surface area contributed by atoms with Gasteiger partial charge in [-0.1, -0.05) is 18.2 Å². The van der Waals surface area contributed by atoms with Gasteiger partial charge in [0.05, 0.1) is 28.6 Å². The minimum absolute atomic E-state index is 0.253. The third-order valence-electron chi connectivity index (χ3n) is 2.97. The average molecular weight is 303 g/mol. The number of halogens is 3. The highest BCUT2D eigenvalue weighted by Crippen LogP contribution is 2.30. The van der Waals surface area contributed by atoms with Crippen LogP contribution in [0.4, 0.5) is 18.9 Å². The first-order chi connectivity index (χ1) is 10.4. The van der Waals surface area contributed by atoms with Crippen molar-refractivity contribution in [2.45, 2.75) is 13.1 Å². The Labute approximate surface area is 125 Å². The lowest BCUT2D eigenvalue weighted by Gasteiger charge is -2.09. The smallest absolute Gasteiger partial charge is 0.278 e. The molecule has 0 radical (unpaired) electrons. The fraction of sp³-hybridized carbons (Fsp3) is 0.125. The highest BCUT2D eigenvalue weighted by molar-refractivity contribution is 5.99. The summed E-state index contributed by atoms with van der Waals surface area (Å²) in [6.45, 7) is 1.72. The van der Waals surface area contributed by atoms with Crippen molar-refractivity contribution < 1.29 is 13.2 Å². The van der Waals surface area contributed by atoms with Crippen molar-refractivity contribution in [3.63, 3.8) is 0 Å². The van der Waals surface area contributed by atoms with Crippen LogP contribution in [0.1, 0.15) is 23.6 Å². The van der Waals surface area contributed by atoms with E-state index in [1.165, 1.54) is 12.1 Å². The van der Waals surface area contributed by atoms with E-state index in [0.29, 0.717) is 11.3 Å². The average Bonchev–Trinajstić information content (AvgIpc) is 2.52. The Morgan fingerprint density at radius 1 is 1.14 bits per heavy atom. The molecule has 0 saturated carbocycles. The van der Waals surface area contributed by atoms with E-state index in [0.717, 1.165) is 17.7 Å². The molecule has 0 unspecified atom stereocenters. The number of nitrogens with one attached hydrogen (secondary N) is 1. The first-order valence-electron chi connectivity index (χ1n) is 6.38. The molecule has 0 amide bonds. The summed E-state index contributed by atoms with van der Waals surface area (Å²) in [6.07, 6.45) is -4.39. The highest BCUT2D eigenvalue weighted by atomic mass is 19.4. The Morgan fingerprint density at radius 3 is 2.41 bits per heavy atom. The van der Waals surface area contributed by atoms with Crippen LogP contribution < -0.4 is 5.43 Å². The number of anilines is 1. The number of hydrogen-bond acceptors (Lipinski definition) is 3. The lowest BCUT2D eigenvalue weighted by Crippen LogP contribution is -2.05. The van der Waals surface area contributed by atoms with Crippen molar-refractivity contribution in [3.05, 3.63) is 65.2 Å². The molecule has 0 fully saturated rings. The monoisotopic (exact) mass is 303 g/mol. The summed E-state index contributed by atoms with van der Waals surface area (Å²) in [4.78, 5) is 0. The van der Waals surface area contributed by atoms with Crippen LogP contribution in [0, 0.1) is 11.3 Å². The maximum Gasteiger partial charge on any atom is 0.416 e. The van der Waals surface area contributed by atoms with Gasteiger partial charge in [-0.15, -0.1) is 0 Å². The van der Waals surface area contributed by atoms with Crippen LogP contribution in [0.5, 0.6) is 0 Å². The van der Waals surface area contributed by atoms with Crippen molar-refractivity contribution in [3.8, 4) is 6.07 Å². The predicted octanol–water partition coefficient (Wildman–Crippen LogP) is 4.41. The molecule has 1 N–H and O–H groups in total. The highest BCUT2D eigenvalue weighted by Gasteiger charge is 2.30. The Kier molecular flexibility index (Phi) is 4.47. The van der Waals surface area contributed by atoms with Gasteiger partial charge in [0.15, 0.2) is 0 Å². The molecule has 0 aliphatic heterocycles. The topological polar surface area (TPSA) is 48.2 Å². The summed E-state index contributed by atoms with van der Waals surface area (Å²) in [5.74, 6) is 0. The summed E-state index contributed by atoms with van der Waals surface area (Å²) in [5.41, 5.74) is 4.03. The van der Waals surface area contributed by atoms with Crippen molar-refractivity contribution in [1.82, 2.24) is 0 Å². The quantitative estimate of drug-likeness (QED) is 0.674. The largest absolute Gasteiger partial charge is 0.416 e. The molecule has 0 bridgehead atoms. The van der Waals surface area contributed by atoms with Crippen LogP contribution in [0.3, 0.4) is 0 Å². The summed E-state index contributed by atoms with van der Waals surface area (Å²) < 4.78 is 37.8. The third-order valence-corrected chi connectivity index (χ3v) is 2.97. The zero-order chi connectivity index (χ0) is 16.2. The van der Waals surface area contributed by atoms with E-state index in [9.17, 15) is 13.2 Å². The molecule has 3 nitrogen and oxygen atoms in total. The number of nitrogens with zero attached hydrogens (tertiary/aromatic N) is 2. The summed E-state index contributed by atoms with van der Waals surface area (Å²) in [6, 6.07) is 13.6. The number of alkyl halides is 3. The Bertz CT molecular complexity index is 726. The van der Waals surface area contributed by atoms with E-state index in [1.807, 2.05) is 6.07 Å². The molecule has 0 atom stereocenters.